The Balaban J connectivity index is 1.70. The van der Waals surface area contributed by atoms with E-state index >= 15 is 0 Å². The lowest BCUT2D eigenvalue weighted by Crippen LogP contribution is -2.39. The highest BCUT2D eigenvalue weighted by Gasteiger charge is 2.25. The molecule has 1 aliphatic heterocycles. The van der Waals surface area contributed by atoms with Gasteiger partial charge in [-0.15, -0.1) is 0 Å². The number of halogens is 1. The first-order valence-corrected chi connectivity index (χ1v) is 10.9. The summed E-state index contributed by atoms with van der Waals surface area (Å²) in [6.45, 7) is 2.51. The number of pyridine rings is 1. The Morgan fingerprint density at radius 1 is 1.27 bits per heavy atom. The number of nitrogens with one attached hydrogen (secondary N) is 1. The molecule has 1 aliphatic rings. The van der Waals surface area contributed by atoms with E-state index in [1.165, 1.54) is 12.0 Å². The maximum absolute atomic E-state index is 12.6. The molecule has 8 nitrogen and oxygen atoms in total. The van der Waals surface area contributed by atoms with Gasteiger partial charge >= 0.3 is 6.09 Å². The molecule has 0 fully saturated rings. The molecule has 3 heterocycles. The fraction of sp³-hybridized carbons (Fsp3) is 0.250. The molecule has 0 atom stereocenters. The molecule has 1 N–H and O–H groups in total. The predicted molar refractivity (Wildman–Crippen MR) is 127 cm³/mol. The molecule has 2 amide bonds. The van der Waals surface area contributed by atoms with Gasteiger partial charge in [0.15, 0.2) is 0 Å². The monoisotopic (exact) mass is 466 g/mol. The molecule has 0 aliphatic carbocycles. The summed E-state index contributed by atoms with van der Waals surface area (Å²) in [7, 11) is 1.31. The second-order valence-corrected chi connectivity index (χ2v) is 7.96. The van der Waals surface area contributed by atoms with E-state index in [9.17, 15) is 14.4 Å². The van der Waals surface area contributed by atoms with Crippen molar-refractivity contribution in [1.82, 2.24) is 14.9 Å². The molecule has 0 unspecified atom stereocenters. The van der Waals surface area contributed by atoms with Crippen LogP contribution in [0, 0.1) is 0 Å². The van der Waals surface area contributed by atoms with Gasteiger partial charge < -0.3 is 14.6 Å². The van der Waals surface area contributed by atoms with Crippen molar-refractivity contribution in [3.05, 3.63) is 59.4 Å². The average Bonchev–Trinajstić information content (AvgIpc) is 3.27. The summed E-state index contributed by atoms with van der Waals surface area (Å²) in [5.74, 6) is -0.820. The molecule has 3 aromatic rings. The summed E-state index contributed by atoms with van der Waals surface area (Å²) in [4.78, 5) is 47.1. The van der Waals surface area contributed by atoms with Gasteiger partial charge in [-0.3, -0.25) is 9.59 Å². The van der Waals surface area contributed by atoms with E-state index in [1.54, 1.807) is 42.3 Å². The van der Waals surface area contributed by atoms with E-state index < -0.39 is 12.0 Å². The minimum atomic E-state index is -0.590. The van der Waals surface area contributed by atoms with Gasteiger partial charge in [0, 0.05) is 36.7 Å². The third-order valence-corrected chi connectivity index (χ3v) is 5.95. The number of Topliss-reactive ketones (excluding diaryl/α,β-unsaturated/α-hetero) is 1. The van der Waals surface area contributed by atoms with Gasteiger partial charge in [-0.25, -0.2) is 14.7 Å². The summed E-state index contributed by atoms with van der Waals surface area (Å²) < 4.78 is 5.00. The molecule has 9 heteroatoms. The Morgan fingerprint density at radius 2 is 2.06 bits per heavy atom. The first-order valence-electron chi connectivity index (χ1n) is 10.6. The largest absolute Gasteiger partial charge is 0.452 e. The maximum atomic E-state index is 12.6. The van der Waals surface area contributed by atoms with E-state index in [0.29, 0.717) is 41.6 Å². The normalized spacial score (nSPS) is 13.5. The average molecular weight is 467 g/mol. The minimum Gasteiger partial charge on any atom is -0.452 e. The zero-order valence-electron chi connectivity index (χ0n) is 18.3. The number of ketones is 1. The fourth-order valence-corrected chi connectivity index (χ4v) is 4.09. The maximum Gasteiger partial charge on any atom is 0.418 e. The van der Waals surface area contributed by atoms with Crippen LogP contribution in [0.5, 0.6) is 0 Å². The number of hydrogen-bond acceptors (Lipinski definition) is 5. The molecular formula is C24H23ClN4O4. The smallest absolute Gasteiger partial charge is 0.418 e. The van der Waals surface area contributed by atoms with Gasteiger partial charge in [-0.05, 0) is 30.2 Å². The first-order chi connectivity index (χ1) is 15.9. The number of ether oxygens (including phenoxy) is 1. The summed E-state index contributed by atoms with van der Waals surface area (Å²) in [6, 6.07) is 8.85. The topological polar surface area (TPSA) is 95.6 Å². The summed E-state index contributed by atoms with van der Waals surface area (Å²) in [5, 5.41) is 1.22. The van der Waals surface area contributed by atoms with Crippen LogP contribution in [0.2, 0.25) is 5.02 Å². The molecule has 0 spiro atoms. The lowest BCUT2D eigenvalue weighted by molar-refractivity contribution is -0.144. The van der Waals surface area contributed by atoms with Crippen LogP contribution >= 0.6 is 11.6 Å². The van der Waals surface area contributed by atoms with Gasteiger partial charge in [0.1, 0.15) is 5.65 Å². The Hall–Kier alpha value is -3.65. The molecule has 0 saturated heterocycles. The van der Waals surface area contributed by atoms with Gasteiger partial charge in [-0.1, -0.05) is 36.7 Å². The molecule has 33 heavy (non-hydrogen) atoms. The SMILES string of the molecule is CCC(=O)C(=O)N1CC=C(c2c[nH]c3ncc(N(C(=O)OC)c4ccccc4Cl)cc23)CC1. The van der Waals surface area contributed by atoms with E-state index in [1.807, 2.05) is 18.3 Å². The van der Waals surface area contributed by atoms with E-state index in [2.05, 4.69) is 9.97 Å². The number of rotatable bonds is 5. The lowest BCUT2D eigenvalue weighted by Gasteiger charge is -2.26. The number of hydrogen-bond donors (Lipinski definition) is 1. The van der Waals surface area contributed by atoms with Gasteiger partial charge in [0.25, 0.3) is 5.91 Å². The highest BCUT2D eigenvalue weighted by atomic mass is 35.5. The van der Waals surface area contributed by atoms with Crippen LogP contribution in [0.1, 0.15) is 25.3 Å². The van der Waals surface area contributed by atoms with E-state index in [-0.39, 0.29) is 12.2 Å². The Morgan fingerprint density at radius 3 is 2.73 bits per heavy atom. The Bertz CT molecular complexity index is 1270. The summed E-state index contributed by atoms with van der Waals surface area (Å²) in [6.07, 6.45) is 5.60. The molecule has 2 aromatic heterocycles. The van der Waals surface area contributed by atoms with Crippen LogP contribution in [0.25, 0.3) is 16.6 Å². The van der Waals surface area contributed by atoms with Crippen molar-refractivity contribution in [3.8, 4) is 0 Å². The second-order valence-electron chi connectivity index (χ2n) is 7.56. The number of H-pyrrole nitrogens is 1. The van der Waals surface area contributed by atoms with Crippen molar-refractivity contribution in [1.29, 1.82) is 0 Å². The molecule has 0 radical (unpaired) electrons. The Labute approximate surface area is 195 Å². The van der Waals surface area contributed by atoms with E-state index in [4.69, 9.17) is 16.3 Å². The van der Waals surface area contributed by atoms with Crippen LogP contribution < -0.4 is 4.90 Å². The van der Waals surface area contributed by atoms with Crippen LogP contribution in [0.15, 0.2) is 48.8 Å². The van der Waals surface area contributed by atoms with Crippen molar-refractivity contribution in [3.63, 3.8) is 0 Å². The van der Waals surface area contributed by atoms with Gasteiger partial charge in [0.2, 0.25) is 5.78 Å². The number of aromatic amines is 1. The number of fused-ring (bicyclic) bond motifs is 1. The van der Waals surface area contributed by atoms with Crippen LogP contribution in [0.4, 0.5) is 16.2 Å². The van der Waals surface area contributed by atoms with E-state index in [0.717, 1.165) is 16.5 Å². The molecule has 4 rings (SSSR count). The van der Waals surface area contributed by atoms with Crippen molar-refractivity contribution < 1.29 is 19.1 Å². The molecular weight excluding hydrogens is 444 g/mol. The minimum absolute atomic E-state index is 0.199. The standard InChI is InChI=1S/C24H23ClN4O4/c1-3-21(30)23(31)28-10-8-15(9-11-28)18-14-27-22-17(18)12-16(13-26-22)29(24(32)33-2)20-7-5-4-6-19(20)25/h4-8,12-14H,3,9-11H2,1-2H3,(H,26,27). The van der Waals surface area contributed by atoms with Gasteiger partial charge in [-0.2, -0.15) is 0 Å². The lowest BCUT2D eigenvalue weighted by atomic mass is 9.99. The number of para-hydroxylation sites is 1. The van der Waals surface area contributed by atoms with Crippen molar-refractivity contribution in [2.24, 2.45) is 0 Å². The van der Waals surface area contributed by atoms with Gasteiger partial charge in [0.05, 0.1) is 29.7 Å². The van der Waals surface area contributed by atoms with Crippen molar-refractivity contribution >= 4 is 57.4 Å². The number of anilines is 2. The third kappa shape index (κ3) is 4.34. The summed E-state index contributed by atoms with van der Waals surface area (Å²) >= 11 is 6.35. The zero-order valence-corrected chi connectivity index (χ0v) is 19.1. The quantitative estimate of drug-likeness (QED) is 0.549. The highest BCUT2D eigenvalue weighted by Crippen LogP contribution is 2.35. The molecule has 0 bridgehead atoms. The van der Waals surface area contributed by atoms with Crippen LogP contribution in [-0.4, -0.2) is 52.9 Å². The Kier molecular flexibility index (Phi) is 6.46. The molecule has 0 saturated carbocycles. The number of methoxy groups -OCH3 is 1. The third-order valence-electron chi connectivity index (χ3n) is 5.63. The first kappa shape index (κ1) is 22.5. The number of nitrogens with zero attached hydrogens (tertiary/aromatic N) is 3. The number of aromatic nitrogens is 2. The fourth-order valence-electron chi connectivity index (χ4n) is 3.87. The highest BCUT2D eigenvalue weighted by molar-refractivity contribution is 6.36. The number of carbonyl (C=O) groups is 3. The molecule has 1 aromatic carbocycles. The second kappa shape index (κ2) is 9.46. The number of amides is 2. The number of carbonyl (C=O) groups excluding carboxylic acids is 3. The predicted octanol–water partition coefficient (Wildman–Crippen LogP) is 4.72. The zero-order chi connectivity index (χ0) is 23.5. The number of benzene rings is 1. The summed E-state index contributed by atoms with van der Waals surface area (Å²) in [5.41, 5.74) is 3.62. The van der Waals surface area contributed by atoms with Crippen LogP contribution in [-0.2, 0) is 14.3 Å². The van der Waals surface area contributed by atoms with Crippen molar-refractivity contribution in [2.45, 2.75) is 19.8 Å². The van der Waals surface area contributed by atoms with Crippen molar-refractivity contribution in [2.75, 3.05) is 25.1 Å². The molecule has 170 valence electrons. The van der Waals surface area contributed by atoms with Crippen LogP contribution in [0.3, 0.4) is 0 Å².